The van der Waals surface area contributed by atoms with Crippen LogP contribution in [-0.4, -0.2) is 60.6 Å². The predicted octanol–water partition coefficient (Wildman–Crippen LogP) is 3.87. The number of rotatable bonds is 4. The maximum Gasteiger partial charge on any atom is 0.246 e. The number of morpholine rings is 1. The number of hydrogen-bond donors (Lipinski definition) is 0. The molecule has 2 atom stereocenters. The zero-order valence-corrected chi connectivity index (χ0v) is 17.4. The molecular formula is C19H27BrN2O2S. The summed E-state index contributed by atoms with van der Waals surface area (Å²) in [5, 5.41) is 0. The molecule has 2 unspecified atom stereocenters. The van der Waals surface area contributed by atoms with Crippen molar-refractivity contribution in [2.24, 2.45) is 5.92 Å². The van der Waals surface area contributed by atoms with Crippen LogP contribution in [0.5, 0.6) is 0 Å². The Kier molecular flexibility index (Phi) is 6.72. The summed E-state index contributed by atoms with van der Waals surface area (Å²) in [5.41, 5.74) is 0. The Morgan fingerprint density at radius 1 is 1.28 bits per heavy atom. The van der Waals surface area contributed by atoms with Crippen molar-refractivity contribution in [3.63, 3.8) is 0 Å². The summed E-state index contributed by atoms with van der Waals surface area (Å²) in [6, 6.07) is 4.03. The number of halogens is 1. The highest BCUT2D eigenvalue weighted by molar-refractivity contribution is 9.11. The lowest BCUT2D eigenvalue weighted by Crippen LogP contribution is -2.48. The van der Waals surface area contributed by atoms with Gasteiger partial charge in [0.1, 0.15) is 0 Å². The molecule has 0 saturated carbocycles. The molecule has 0 aromatic carbocycles. The van der Waals surface area contributed by atoms with Crippen LogP contribution >= 0.6 is 27.3 Å². The number of nitrogens with zero attached hydrogens (tertiary/aromatic N) is 2. The number of ether oxygens (including phenoxy) is 1. The molecule has 3 rings (SSSR count). The molecule has 2 aliphatic heterocycles. The van der Waals surface area contributed by atoms with Crippen molar-refractivity contribution in [3.8, 4) is 0 Å². The van der Waals surface area contributed by atoms with E-state index >= 15 is 0 Å². The summed E-state index contributed by atoms with van der Waals surface area (Å²) in [6.07, 6.45) is 6.49. The molecule has 0 aliphatic carbocycles. The zero-order valence-electron chi connectivity index (χ0n) is 15.0. The van der Waals surface area contributed by atoms with Crippen LogP contribution in [-0.2, 0) is 9.53 Å². The first kappa shape index (κ1) is 19.1. The van der Waals surface area contributed by atoms with Crippen LogP contribution in [0.1, 0.15) is 31.6 Å². The molecule has 2 saturated heterocycles. The molecule has 0 spiro atoms. The summed E-state index contributed by atoms with van der Waals surface area (Å²) < 4.78 is 6.90. The van der Waals surface area contributed by atoms with E-state index in [1.54, 1.807) is 17.4 Å². The van der Waals surface area contributed by atoms with E-state index in [-0.39, 0.29) is 5.91 Å². The molecule has 0 bridgehead atoms. The van der Waals surface area contributed by atoms with E-state index in [1.165, 1.54) is 0 Å². The van der Waals surface area contributed by atoms with Crippen LogP contribution in [0.3, 0.4) is 0 Å². The van der Waals surface area contributed by atoms with Gasteiger partial charge in [0.15, 0.2) is 0 Å². The molecule has 25 heavy (non-hydrogen) atoms. The molecule has 0 N–H and O–H groups in total. The summed E-state index contributed by atoms with van der Waals surface area (Å²) >= 11 is 5.09. The maximum absolute atomic E-state index is 12.4. The number of hydrogen-bond acceptors (Lipinski definition) is 4. The Hall–Kier alpha value is -0.690. The lowest BCUT2D eigenvalue weighted by atomic mass is 9.95. The van der Waals surface area contributed by atoms with Gasteiger partial charge in [-0.1, -0.05) is 0 Å². The minimum atomic E-state index is 0.136. The maximum atomic E-state index is 12.4. The molecular weight excluding hydrogens is 400 g/mol. The fourth-order valence-corrected chi connectivity index (χ4v) is 5.14. The van der Waals surface area contributed by atoms with Gasteiger partial charge in [0.05, 0.1) is 16.0 Å². The van der Waals surface area contributed by atoms with Gasteiger partial charge in [-0.05, 0) is 66.7 Å². The molecule has 4 nitrogen and oxygen atoms in total. The van der Waals surface area contributed by atoms with Crippen LogP contribution in [0.4, 0.5) is 0 Å². The Morgan fingerprint density at radius 3 is 2.56 bits per heavy atom. The van der Waals surface area contributed by atoms with Crippen molar-refractivity contribution in [2.45, 2.75) is 38.9 Å². The standard InChI is InChI=1S/C19H27BrN2O2S/c1-14-11-21(12-15(2)24-14)13-16-7-9-22(10-8-16)19(23)6-4-17-3-5-18(20)25-17/h3-6,14-16H,7-13H2,1-2H3/b6-4+. The van der Waals surface area contributed by atoms with E-state index in [0.717, 1.165) is 54.2 Å². The van der Waals surface area contributed by atoms with Crippen LogP contribution in [0.2, 0.25) is 0 Å². The van der Waals surface area contributed by atoms with Crippen molar-refractivity contribution in [1.29, 1.82) is 0 Å². The second kappa shape index (κ2) is 8.80. The average molecular weight is 427 g/mol. The summed E-state index contributed by atoms with van der Waals surface area (Å²) in [5.74, 6) is 0.829. The monoisotopic (exact) mass is 426 g/mol. The van der Waals surface area contributed by atoms with Gasteiger partial charge in [0.2, 0.25) is 5.91 Å². The molecule has 1 aromatic rings. The van der Waals surface area contributed by atoms with Gasteiger partial charge in [-0.2, -0.15) is 0 Å². The smallest absolute Gasteiger partial charge is 0.246 e. The number of thiophene rings is 1. The van der Waals surface area contributed by atoms with Crippen molar-refractivity contribution >= 4 is 39.2 Å². The lowest BCUT2D eigenvalue weighted by molar-refractivity contribution is -0.127. The van der Waals surface area contributed by atoms with E-state index < -0.39 is 0 Å². The van der Waals surface area contributed by atoms with Gasteiger partial charge >= 0.3 is 0 Å². The first-order valence-corrected chi connectivity index (χ1v) is 10.7. The number of likely N-dealkylation sites (tertiary alicyclic amines) is 1. The van der Waals surface area contributed by atoms with Crippen LogP contribution in [0.15, 0.2) is 22.0 Å². The molecule has 2 aliphatic rings. The molecule has 1 aromatic heterocycles. The van der Waals surface area contributed by atoms with Crippen molar-refractivity contribution in [3.05, 3.63) is 26.9 Å². The van der Waals surface area contributed by atoms with E-state index in [2.05, 4.69) is 34.7 Å². The van der Waals surface area contributed by atoms with Gasteiger partial charge < -0.3 is 9.64 Å². The Morgan fingerprint density at radius 2 is 1.96 bits per heavy atom. The first-order valence-electron chi connectivity index (χ1n) is 9.09. The topological polar surface area (TPSA) is 32.8 Å². The highest BCUT2D eigenvalue weighted by Crippen LogP contribution is 2.24. The number of piperidine rings is 1. The Bertz CT molecular complexity index is 600. The second-order valence-corrected chi connectivity index (χ2v) is 9.71. The molecule has 0 radical (unpaired) electrons. The lowest BCUT2D eigenvalue weighted by Gasteiger charge is -2.39. The average Bonchev–Trinajstić information content (AvgIpc) is 2.98. The third-order valence-electron chi connectivity index (χ3n) is 4.92. The van der Waals surface area contributed by atoms with E-state index in [9.17, 15) is 4.79 Å². The molecule has 3 heterocycles. The number of amides is 1. The molecule has 138 valence electrons. The van der Waals surface area contributed by atoms with Gasteiger partial charge in [-0.15, -0.1) is 11.3 Å². The first-order chi connectivity index (χ1) is 12.0. The van der Waals surface area contributed by atoms with Crippen LogP contribution < -0.4 is 0 Å². The normalized spacial score (nSPS) is 26.4. The minimum Gasteiger partial charge on any atom is -0.373 e. The predicted molar refractivity (Wildman–Crippen MR) is 107 cm³/mol. The molecule has 6 heteroatoms. The quantitative estimate of drug-likeness (QED) is 0.684. The van der Waals surface area contributed by atoms with E-state index in [4.69, 9.17) is 4.74 Å². The van der Waals surface area contributed by atoms with Gasteiger partial charge in [-0.3, -0.25) is 9.69 Å². The van der Waals surface area contributed by atoms with Crippen LogP contribution in [0.25, 0.3) is 6.08 Å². The third kappa shape index (κ3) is 5.64. The minimum absolute atomic E-state index is 0.136. The number of carbonyl (C=O) groups is 1. The van der Waals surface area contributed by atoms with Gasteiger partial charge in [0.25, 0.3) is 0 Å². The summed E-state index contributed by atoms with van der Waals surface area (Å²) in [4.78, 5) is 18.0. The summed E-state index contributed by atoms with van der Waals surface area (Å²) in [6.45, 7) is 9.25. The van der Waals surface area contributed by atoms with E-state index in [1.807, 2.05) is 23.1 Å². The SMILES string of the molecule is CC1CN(CC2CCN(C(=O)/C=C/c3ccc(Br)s3)CC2)CC(C)O1. The zero-order chi connectivity index (χ0) is 17.8. The van der Waals surface area contributed by atoms with Crippen molar-refractivity contribution < 1.29 is 9.53 Å². The van der Waals surface area contributed by atoms with Crippen LogP contribution in [0, 0.1) is 5.92 Å². The fourth-order valence-electron chi connectivity index (χ4n) is 3.81. The fraction of sp³-hybridized carbons (Fsp3) is 0.632. The number of carbonyl (C=O) groups excluding carboxylic acids is 1. The van der Waals surface area contributed by atoms with Gasteiger partial charge in [-0.25, -0.2) is 0 Å². The largest absolute Gasteiger partial charge is 0.373 e. The third-order valence-corrected chi connectivity index (χ3v) is 6.51. The molecule has 1 amide bonds. The van der Waals surface area contributed by atoms with E-state index in [0.29, 0.717) is 18.1 Å². The highest BCUT2D eigenvalue weighted by atomic mass is 79.9. The van der Waals surface area contributed by atoms with Crippen molar-refractivity contribution in [2.75, 3.05) is 32.7 Å². The van der Waals surface area contributed by atoms with Crippen molar-refractivity contribution in [1.82, 2.24) is 9.80 Å². The highest BCUT2D eigenvalue weighted by Gasteiger charge is 2.27. The Balaban J connectivity index is 1.43. The Labute approximate surface area is 163 Å². The second-order valence-electron chi connectivity index (χ2n) is 7.22. The molecule has 2 fully saturated rings. The summed E-state index contributed by atoms with van der Waals surface area (Å²) in [7, 11) is 0. The van der Waals surface area contributed by atoms with Gasteiger partial charge in [0, 0.05) is 43.7 Å².